The molecule has 0 spiro atoms. The van der Waals surface area contributed by atoms with Gasteiger partial charge in [-0.3, -0.25) is 9.59 Å². The van der Waals surface area contributed by atoms with Crippen LogP contribution in [0, 0.1) is 11.8 Å². The Morgan fingerprint density at radius 3 is 2.78 bits per heavy atom. The zero-order valence-electron chi connectivity index (χ0n) is 16.7. The van der Waals surface area contributed by atoms with E-state index in [1.165, 1.54) is 12.8 Å². The molecule has 27 heavy (non-hydrogen) atoms. The molecule has 1 fully saturated rings. The molecule has 2 amide bonds. The van der Waals surface area contributed by atoms with Crippen molar-refractivity contribution in [2.45, 2.75) is 59.0 Å². The van der Waals surface area contributed by atoms with Crippen LogP contribution in [0.4, 0.5) is 0 Å². The summed E-state index contributed by atoms with van der Waals surface area (Å²) in [4.78, 5) is 27.3. The Morgan fingerprint density at radius 1 is 1.33 bits per heavy atom. The molecule has 0 aliphatic carbocycles. The molecule has 0 saturated carbocycles. The van der Waals surface area contributed by atoms with Gasteiger partial charge >= 0.3 is 0 Å². The predicted molar refractivity (Wildman–Crippen MR) is 103 cm³/mol. The van der Waals surface area contributed by atoms with Gasteiger partial charge in [-0.15, -0.1) is 5.10 Å². The molecule has 1 atom stereocenters. The van der Waals surface area contributed by atoms with E-state index < -0.39 is 0 Å². The molecule has 0 radical (unpaired) electrons. The van der Waals surface area contributed by atoms with Gasteiger partial charge in [0.2, 0.25) is 0 Å². The third-order valence-corrected chi connectivity index (χ3v) is 5.46. The van der Waals surface area contributed by atoms with Gasteiger partial charge in [-0.05, 0) is 57.2 Å². The summed E-state index contributed by atoms with van der Waals surface area (Å²) in [5.41, 5.74) is 0.403. The predicted octanol–water partition coefficient (Wildman–Crippen LogP) is 1.29. The van der Waals surface area contributed by atoms with Crippen molar-refractivity contribution in [3.8, 4) is 0 Å². The monoisotopic (exact) mass is 376 g/mol. The maximum absolute atomic E-state index is 12.5. The summed E-state index contributed by atoms with van der Waals surface area (Å²) < 4.78 is 1.57. The minimum absolute atomic E-state index is 0.0369. The summed E-state index contributed by atoms with van der Waals surface area (Å²) in [5.74, 6) is 0.726. The Hall–Kier alpha value is -1.96. The molecule has 8 nitrogen and oxygen atoms in total. The number of nitrogens with one attached hydrogen (secondary N) is 2. The van der Waals surface area contributed by atoms with Gasteiger partial charge in [0.1, 0.15) is 0 Å². The average Bonchev–Trinajstić information content (AvgIpc) is 3.04. The first kappa shape index (κ1) is 19.8. The summed E-state index contributed by atoms with van der Waals surface area (Å²) in [6.07, 6.45) is 4.28. The molecule has 0 aromatic carbocycles. The lowest BCUT2D eigenvalue weighted by Crippen LogP contribution is -2.46. The van der Waals surface area contributed by atoms with Crippen molar-refractivity contribution in [2.75, 3.05) is 26.2 Å². The minimum atomic E-state index is -0.319. The fourth-order valence-electron chi connectivity index (χ4n) is 3.90. The number of hydrogen-bond donors (Lipinski definition) is 2. The molecule has 150 valence electrons. The van der Waals surface area contributed by atoms with E-state index in [1.807, 2.05) is 0 Å². The maximum atomic E-state index is 12.5. The first-order chi connectivity index (χ1) is 12.9. The second kappa shape index (κ2) is 8.82. The van der Waals surface area contributed by atoms with Crippen LogP contribution in [-0.4, -0.2) is 63.9 Å². The number of fused-ring (bicyclic) bond motifs is 1. The Balaban J connectivity index is 1.48. The molecule has 2 aliphatic rings. The zero-order chi connectivity index (χ0) is 19.4. The number of carbonyl (C=O) groups excluding carboxylic acids is 2. The lowest BCUT2D eigenvalue weighted by molar-refractivity contribution is 0.0869. The third kappa shape index (κ3) is 5.06. The zero-order valence-corrected chi connectivity index (χ0v) is 16.7. The quantitative estimate of drug-likeness (QED) is 0.700. The van der Waals surface area contributed by atoms with Gasteiger partial charge in [-0.2, -0.15) is 0 Å². The number of hydrogen-bond acceptors (Lipinski definition) is 5. The first-order valence-electron chi connectivity index (χ1n) is 10.2. The molecule has 3 heterocycles. The van der Waals surface area contributed by atoms with Crippen LogP contribution in [0.15, 0.2) is 0 Å². The number of amides is 2. The van der Waals surface area contributed by atoms with Gasteiger partial charge in [0.15, 0.2) is 11.4 Å². The molecule has 3 rings (SSSR count). The average molecular weight is 377 g/mol. The number of nitrogens with zero attached hydrogens (tertiary/aromatic N) is 4. The standard InChI is InChI=1S/C19H32N6O2/c1-13(2)11-15-12-25-17(19(27)21-15)16(22-23-25)18(26)20-7-4-8-24-9-5-14(3)6-10-24/h13-15H,4-12H2,1-3H3,(H,20,26)(H,21,27)/t15-/m0/s1. The van der Waals surface area contributed by atoms with E-state index in [-0.39, 0.29) is 29.2 Å². The van der Waals surface area contributed by atoms with Gasteiger partial charge in [-0.25, -0.2) is 4.68 Å². The van der Waals surface area contributed by atoms with Crippen LogP contribution in [0.3, 0.4) is 0 Å². The van der Waals surface area contributed by atoms with E-state index in [2.05, 4.69) is 46.6 Å². The molecular formula is C19H32N6O2. The smallest absolute Gasteiger partial charge is 0.274 e. The van der Waals surface area contributed by atoms with E-state index in [4.69, 9.17) is 0 Å². The molecular weight excluding hydrogens is 344 g/mol. The molecule has 2 aliphatic heterocycles. The molecule has 0 unspecified atom stereocenters. The summed E-state index contributed by atoms with van der Waals surface area (Å²) in [5, 5.41) is 13.9. The Morgan fingerprint density at radius 2 is 2.07 bits per heavy atom. The van der Waals surface area contributed by atoms with Crippen LogP contribution in [0.1, 0.15) is 67.4 Å². The van der Waals surface area contributed by atoms with E-state index >= 15 is 0 Å². The SMILES string of the molecule is CC(C)C[C@H]1Cn2nnc(C(=O)NCCCN3CCC(C)CC3)c2C(=O)N1. The second-order valence-electron chi connectivity index (χ2n) is 8.40. The highest BCUT2D eigenvalue weighted by atomic mass is 16.2. The number of carbonyl (C=O) groups is 2. The van der Waals surface area contributed by atoms with Gasteiger partial charge in [-0.1, -0.05) is 26.0 Å². The normalized spacial score (nSPS) is 21.2. The maximum Gasteiger partial charge on any atom is 0.274 e. The van der Waals surface area contributed by atoms with E-state index in [1.54, 1.807) is 4.68 Å². The van der Waals surface area contributed by atoms with Gasteiger partial charge in [0, 0.05) is 12.6 Å². The molecule has 2 N–H and O–H groups in total. The summed E-state index contributed by atoms with van der Waals surface area (Å²) >= 11 is 0. The highest BCUT2D eigenvalue weighted by Crippen LogP contribution is 2.17. The number of piperidine rings is 1. The molecule has 1 aromatic heterocycles. The summed E-state index contributed by atoms with van der Waals surface area (Å²) in [7, 11) is 0. The van der Waals surface area contributed by atoms with Crippen molar-refractivity contribution in [2.24, 2.45) is 11.8 Å². The van der Waals surface area contributed by atoms with Crippen LogP contribution in [-0.2, 0) is 6.54 Å². The highest BCUT2D eigenvalue weighted by Gasteiger charge is 2.32. The van der Waals surface area contributed by atoms with Gasteiger partial charge in [0.05, 0.1) is 6.54 Å². The molecule has 0 bridgehead atoms. The Bertz CT molecular complexity index is 663. The largest absolute Gasteiger partial charge is 0.351 e. The van der Waals surface area contributed by atoms with Gasteiger partial charge < -0.3 is 15.5 Å². The van der Waals surface area contributed by atoms with Crippen molar-refractivity contribution in [3.63, 3.8) is 0 Å². The second-order valence-corrected chi connectivity index (χ2v) is 8.40. The first-order valence-corrected chi connectivity index (χ1v) is 10.2. The molecule has 1 aromatic rings. The Kier molecular flexibility index (Phi) is 6.46. The topological polar surface area (TPSA) is 92.2 Å². The lowest BCUT2D eigenvalue weighted by Gasteiger charge is -2.30. The highest BCUT2D eigenvalue weighted by molar-refractivity contribution is 6.05. The van der Waals surface area contributed by atoms with Crippen molar-refractivity contribution < 1.29 is 9.59 Å². The minimum Gasteiger partial charge on any atom is -0.351 e. The fourth-order valence-corrected chi connectivity index (χ4v) is 3.90. The molecule has 8 heteroatoms. The van der Waals surface area contributed by atoms with Gasteiger partial charge in [0.25, 0.3) is 11.8 Å². The third-order valence-electron chi connectivity index (χ3n) is 5.46. The van der Waals surface area contributed by atoms with E-state index in [9.17, 15) is 9.59 Å². The van der Waals surface area contributed by atoms with Crippen LogP contribution in [0.25, 0.3) is 0 Å². The number of rotatable bonds is 7. The number of aromatic nitrogens is 3. The fraction of sp³-hybridized carbons (Fsp3) is 0.789. The van der Waals surface area contributed by atoms with Crippen LogP contribution < -0.4 is 10.6 Å². The molecule has 1 saturated heterocycles. The van der Waals surface area contributed by atoms with E-state index in [0.29, 0.717) is 19.0 Å². The van der Waals surface area contributed by atoms with Crippen molar-refractivity contribution in [1.82, 2.24) is 30.5 Å². The Labute approximate surface area is 161 Å². The van der Waals surface area contributed by atoms with Crippen LogP contribution >= 0.6 is 0 Å². The van der Waals surface area contributed by atoms with Crippen molar-refractivity contribution >= 4 is 11.8 Å². The summed E-state index contributed by atoms with van der Waals surface area (Å²) in [6, 6.07) is 0.0369. The lowest BCUT2D eigenvalue weighted by atomic mass is 9.99. The van der Waals surface area contributed by atoms with Crippen LogP contribution in [0.2, 0.25) is 0 Å². The van der Waals surface area contributed by atoms with E-state index in [0.717, 1.165) is 38.4 Å². The van der Waals surface area contributed by atoms with Crippen LogP contribution in [0.5, 0.6) is 0 Å². The van der Waals surface area contributed by atoms with Crippen molar-refractivity contribution in [3.05, 3.63) is 11.4 Å². The summed E-state index contributed by atoms with van der Waals surface area (Å²) in [6.45, 7) is 11.0. The van der Waals surface area contributed by atoms with Crippen molar-refractivity contribution in [1.29, 1.82) is 0 Å². The number of likely N-dealkylation sites (tertiary alicyclic amines) is 1.